The maximum atomic E-state index is 6.61. The van der Waals surface area contributed by atoms with Crippen molar-refractivity contribution in [3.8, 4) is 0 Å². The Balaban J connectivity index is 2.06. The van der Waals surface area contributed by atoms with Crippen molar-refractivity contribution in [2.24, 2.45) is 5.92 Å². The van der Waals surface area contributed by atoms with Gasteiger partial charge in [0.2, 0.25) is 0 Å². The molecule has 0 amide bonds. The molecular weight excluding hydrogens is 279 g/mol. The standard InChI is InChI=1S/C15H30Cl2Si/c1-2-3-4-5-6-10-13-18(16,17)14-15-11-8-7-9-12-15/h15H,2-14H2,1H3. The molecule has 1 fully saturated rings. The molecule has 0 radical (unpaired) electrons. The molecule has 0 heterocycles. The van der Waals surface area contributed by atoms with Crippen LogP contribution in [0.4, 0.5) is 0 Å². The third-order valence-corrected chi connectivity index (χ3v) is 8.53. The monoisotopic (exact) mass is 308 g/mol. The average molecular weight is 309 g/mol. The zero-order chi connectivity index (χ0) is 13.3. The Kier molecular flexibility index (Phi) is 9.04. The van der Waals surface area contributed by atoms with Crippen LogP contribution in [-0.4, -0.2) is 6.69 Å². The quantitative estimate of drug-likeness (QED) is 0.248. The van der Waals surface area contributed by atoms with E-state index in [4.69, 9.17) is 22.2 Å². The van der Waals surface area contributed by atoms with Gasteiger partial charge in [0, 0.05) is 0 Å². The largest absolute Gasteiger partial charge is 0.251 e. The molecule has 0 aromatic rings. The van der Waals surface area contributed by atoms with Crippen LogP contribution in [0.2, 0.25) is 12.1 Å². The van der Waals surface area contributed by atoms with E-state index < -0.39 is 6.69 Å². The molecule has 0 aromatic heterocycles. The summed E-state index contributed by atoms with van der Waals surface area (Å²) < 4.78 is 0. The highest BCUT2D eigenvalue weighted by atomic mass is 35.7. The van der Waals surface area contributed by atoms with E-state index in [2.05, 4.69) is 6.92 Å². The van der Waals surface area contributed by atoms with Gasteiger partial charge in [-0.05, 0) is 18.0 Å². The molecule has 0 saturated heterocycles. The molecule has 0 bridgehead atoms. The van der Waals surface area contributed by atoms with Gasteiger partial charge in [0.25, 0.3) is 6.69 Å². The normalized spacial score (nSPS) is 18.2. The second-order valence-electron chi connectivity index (χ2n) is 6.08. The molecule has 108 valence electrons. The lowest BCUT2D eigenvalue weighted by atomic mass is 9.91. The Hall–Kier alpha value is 0.797. The summed E-state index contributed by atoms with van der Waals surface area (Å²) in [4.78, 5) is 0. The van der Waals surface area contributed by atoms with Gasteiger partial charge in [-0.2, -0.15) is 0 Å². The highest BCUT2D eigenvalue weighted by molar-refractivity contribution is 7.45. The zero-order valence-electron chi connectivity index (χ0n) is 12.0. The smallest absolute Gasteiger partial charge is 0.146 e. The van der Waals surface area contributed by atoms with Crippen molar-refractivity contribution in [1.82, 2.24) is 0 Å². The SMILES string of the molecule is CCCCCCCC[Si](Cl)(Cl)CC1CCCCC1. The summed E-state index contributed by atoms with van der Waals surface area (Å²) in [5, 5.41) is 0. The fourth-order valence-electron chi connectivity index (χ4n) is 3.08. The van der Waals surface area contributed by atoms with E-state index in [1.165, 1.54) is 70.6 Å². The van der Waals surface area contributed by atoms with Crippen LogP contribution in [0.1, 0.15) is 77.6 Å². The van der Waals surface area contributed by atoms with E-state index >= 15 is 0 Å². The summed E-state index contributed by atoms with van der Waals surface area (Å²) in [6, 6.07) is 2.28. The maximum absolute atomic E-state index is 6.61. The predicted octanol–water partition coefficient (Wildman–Crippen LogP) is 6.85. The van der Waals surface area contributed by atoms with Crippen LogP contribution < -0.4 is 0 Å². The van der Waals surface area contributed by atoms with Gasteiger partial charge in [0.15, 0.2) is 0 Å². The van der Waals surface area contributed by atoms with E-state index in [1.54, 1.807) is 0 Å². The second-order valence-corrected chi connectivity index (χ2v) is 13.6. The summed E-state index contributed by atoms with van der Waals surface area (Å²) in [6.45, 7) is 0.349. The van der Waals surface area contributed by atoms with Gasteiger partial charge >= 0.3 is 0 Å². The number of halogens is 2. The van der Waals surface area contributed by atoms with Gasteiger partial charge in [-0.1, -0.05) is 77.6 Å². The lowest BCUT2D eigenvalue weighted by Gasteiger charge is -2.26. The van der Waals surface area contributed by atoms with Gasteiger partial charge < -0.3 is 0 Å². The molecule has 0 atom stereocenters. The average Bonchev–Trinajstić information content (AvgIpc) is 2.34. The highest BCUT2D eigenvalue weighted by Gasteiger charge is 2.31. The Morgan fingerprint density at radius 2 is 1.50 bits per heavy atom. The van der Waals surface area contributed by atoms with Crippen LogP contribution in [0.15, 0.2) is 0 Å². The van der Waals surface area contributed by atoms with Crippen molar-refractivity contribution in [3.63, 3.8) is 0 Å². The minimum atomic E-state index is -1.91. The van der Waals surface area contributed by atoms with Crippen LogP contribution in [-0.2, 0) is 0 Å². The molecule has 0 unspecified atom stereocenters. The molecule has 18 heavy (non-hydrogen) atoms. The first-order valence-electron chi connectivity index (χ1n) is 8.02. The van der Waals surface area contributed by atoms with Crippen molar-refractivity contribution in [2.75, 3.05) is 0 Å². The first kappa shape index (κ1) is 16.9. The predicted molar refractivity (Wildman–Crippen MR) is 87.0 cm³/mol. The van der Waals surface area contributed by atoms with Crippen molar-refractivity contribution in [3.05, 3.63) is 0 Å². The van der Waals surface area contributed by atoms with E-state index in [9.17, 15) is 0 Å². The molecule has 0 N–H and O–H groups in total. The van der Waals surface area contributed by atoms with E-state index in [0.29, 0.717) is 0 Å². The minimum Gasteiger partial charge on any atom is -0.146 e. The highest BCUT2D eigenvalue weighted by Crippen LogP contribution is 2.37. The van der Waals surface area contributed by atoms with Gasteiger partial charge in [-0.15, -0.1) is 22.2 Å². The first-order valence-corrected chi connectivity index (χ1v) is 12.5. The lowest BCUT2D eigenvalue weighted by Crippen LogP contribution is -2.24. The maximum Gasteiger partial charge on any atom is 0.251 e. The minimum absolute atomic E-state index is 0.848. The molecule has 1 aliphatic rings. The van der Waals surface area contributed by atoms with Crippen LogP contribution in [0, 0.1) is 5.92 Å². The van der Waals surface area contributed by atoms with Crippen LogP contribution in [0.5, 0.6) is 0 Å². The topological polar surface area (TPSA) is 0 Å². The Morgan fingerprint density at radius 3 is 2.17 bits per heavy atom. The summed E-state index contributed by atoms with van der Waals surface area (Å²) in [5.74, 6) is 0.848. The fourth-order valence-corrected chi connectivity index (χ4v) is 7.42. The van der Waals surface area contributed by atoms with Crippen molar-refractivity contribution in [2.45, 2.75) is 89.6 Å². The summed E-state index contributed by atoms with van der Waals surface area (Å²) in [7, 11) is 0. The number of hydrogen-bond acceptors (Lipinski definition) is 0. The van der Waals surface area contributed by atoms with Gasteiger partial charge in [0.05, 0.1) is 0 Å². The van der Waals surface area contributed by atoms with Crippen LogP contribution in [0.25, 0.3) is 0 Å². The molecule has 3 heteroatoms. The third kappa shape index (κ3) is 8.07. The molecule has 1 saturated carbocycles. The molecule has 0 nitrogen and oxygen atoms in total. The molecule has 1 rings (SSSR count). The van der Waals surface area contributed by atoms with Crippen molar-refractivity contribution < 1.29 is 0 Å². The summed E-state index contributed by atoms with van der Waals surface area (Å²) in [6.07, 6.45) is 15.0. The van der Waals surface area contributed by atoms with Crippen LogP contribution in [0.3, 0.4) is 0 Å². The Labute approximate surface area is 124 Å². The summed E-state index contributed by atoms with van der Waals surface area (Å²) in [5.41, 5.74) is 0. The van der Waals surface area contributed by atoms with Crippen molar-refractivity contribution >= 4 is 28.9 Å². The zero-order valence-corrected chi connectivity index (χ0v) is 14.5. The van der Waals surface area contributed by atoms with Gasteiger partial charge in [0.1, 0.15) is 0 Å². The third-order valence-electron chi connectivity index (χ3n) is 4.21. The van der Waals surface area contributed by atoms with E-state index in [0.717, 1.165) is 18.0 Å². The van der Waals surface area contributed by atoms with E-state index in [1.807, 2.05) is 0 Å². The van der Waals surface area contributed by atoms with Crippen LogP contribution >= 0.6 is 22.2 Å². The molecule has 1 aliphatic carbocycles. The molecular formula is C15H30Cl2Si. The van der Waals surface area contributed by atoms with Crippen molar-refractivity contribution in [1.29, 1.82) is 0 Å². The van der Waals surface area contributed by atoms with Gasteiger partial charge in [-0.25, -0.2) is 0 Å². The Bertz CT molecular complexity index is 201. The number of rotatable bonds is 9. The second kappa shape index (κ2) is 9.66. The summed E-state index contributed by atoms with van der Waals surface area (Å²) >= 11 is 13.2. The first-order chi connectivity index (χ1) is 8.64. The fraction of sp³-hybridized carbons (Fsp3) is 1.00. The number of hydrogen-bond donors (Lipinski definition) is 0. The molecule has 0 aromatic carbocycles. The number of unbranched alkanes of at least 4 members (excludes halogenated alkanes) is 5. The lowest BCUT2D eigenvalue weighted by molar-refractivity contribution is 0.383. The molecule has 0 aliphatic heterocycles. The molecule has 0 spiro atoms. The van der Waals surface area contributed by atoms with Gasteiger partial charge in [-0.3, -0.25) is 0 Å². The van der Waals surface area contributed by atoms with E-state index in [-0.39, 0.29) is 0 Å². The Morgan fingerprint density at radius 1 is 0.889 bits per heavy atom.